The molecular formula is C19H20Cl2F2N6O7S2. The summed E-state index contributed by atoms with van der Waals surface area (Å²) in [5, 5.41) is 3.63. The highest BCUT2D eigenvalue weighted by molar-refractivity contribution is 7.92. The van der Waals surface area contributed by atoms with Crippen molar-refractivity contribution >= 4 is 60.7 Å². The number of ether oxygens (including phenoxy) is 1. The molecule has 0 aliphatic rings. The van der Waals surface area contributed by atoms with Crippen LogP contribution in [0.25, 0.3) is 5.69 Å². The Labute approximate surface area is 225 Å². The number of methoxy groups -OCH3 is 1. The molecule has 3 aromatic rings. The van der Waals surface area contributed by atoms with Crippen LogP contribution >= 0.6 is 23.2 Å². The highest BCUT2D eigenvalue weighted by Crippen LogP contribution is 2.31. The number of benzene rings is 2. The molecule has 38 heavy (non-hydrogen) atoms. The van der Waals surface area contributed by atoms with E-state index in [1.54, 1.807) is 4.72 Å². The second-order valence-corrected chi connectivity index (χ2v) is 11.5. The molecule has 4 N–H and O–H groups in total. The third-order valence-electron chi connectivity index (χ3n) is 4.33. The fraction of sp³-hybridized carbons (Fsp3) is 0.211. The van der Waals surface area contributed by atoms with Crippen molar-refractivity contribution in [3.05, 3.63) is 62.8 Å². The number of carbonyl (C=O) groups excluding carboxylic acids is 1. The predicted molar refractivity (Wildman–Crippen MR) is 136 cm³/mol. The van der Waals surface area contributed by atoms with Gasteiger partial charge in [0.05, 0.1) is 39.7 Å². The van der Waals surface area contributed by atoms with Crippen molar-refractivity contribution in [1.29, 1.82) is 0 Å². The molecule has 0 aliphatic heterocycles. The first-order chi connectivity index (χ1) is 17.5. The zero-order valence-electron chi connectivity index (χ0n) is 19.6. The van der Waals surface area contributed by atoms with Gasteiger partial charge in [-0.05, 0) is 43.3 Å². The van der Waals surface area contributed by atoms with Crippen LogP contribution in [0.1, 0.15) is 12.4 Å². The lowest BCUT2D eigenvalue weighted by atomic mass is 10.3. The summed E-state index contributed by atoms with van der Waals surface area (Å²) in [4.78, 5) is 22.7. The van der Waals surface area contributed by atoms with E-state index in [4.69, 9.17) is 28.9 Å². The topological polar surface area (TPSA) is 184 Å². The number of nitrogens with two attached hydrogens (primary N) is 1. The van der Waals surface area contributed by atoms with Crippen LogP contribution in [0.15, 0.2) is 46.1 Å². The van der Waals surface area contributed by atoms with E-state index in [9.17, 15) is 35.2 Å². The summed E-state index contributed by atoms with van der Waals surface area (Å²) in [6.45, 7) is -1.85. The molecule has 208 valence electrons. The lowest BCUT2D eigenvalue weighted by Crippen LogP contribution is -2.30. The Morgan fingerprint density at radius 3 is 2.16 bits per heavy atom. The molecule has 1 amide bonds. The first-order valence-corrected chi connectivity index (χ1v) is 14.0. The molecule has 0 aliphatic carbocycles. The Balaban J connectivity index is 0.000000293. The molecule has 0 unspecified atom stereocenters. The molecule has 3 rings (SSSR count). The molecule has 0 fully saturated rings. The van der Waals surface area contributed by atoms with Gasteiger partial charge in [-0.1, -0.05) is 23.2 Å². The number of aromatic nitrogens is 3. The van der Waals surface area contributed by atoms with Crippen LogP contribution in [0, 0.1) is 6.92 Å². The molecule has 19 heteroatoms. The van der Waals surface area contributed by atoms with Gasteiger partial charge in [0, 0.05) is 5.69 Å². The third kappa shape index (κ3) is 7.80. The highest BCUT2D eigenvalue weighted by atomic mass is 35.5. The monoisotopic (exact) mass is 616 g/mol. The van der Waals surface area contributed by atoms with E-state index in [1.165, 1.54) is 37.3 Å². The number of nitrogen functional groups attached to an aromatic ring is 1. The number of nitrogens with zero attached hydrogens (tertiary/aromatic N) is 3. The number of anilines is 2. The van der Waals surface area contributed by atoms with Crippen LogP contribution in [0.5, 0.6) is 0 Å². The van der Waals surface area contributed by atoms with Crippen molar-refractivity contribution in [2.75, 3.05) is 23.8 Å². The molecule has 1 aromatic heterocycles. The Hall–Kier alpha value is -3.41. The number of hydrogen-bond donors (Lipinski definition) is 3. The van der Waals surface area contributed by atoms with Gasteiger partial charge in [-0.2, -0.15) is 13.5 Å². The number of nitrogens with one attached hydrogen (secondary N) is 2. The summed E-state index contributed by atoms with van der Waals surface area (Å²) in [6.07, 6.45) is -0.133. The number of alkyl halides is 2. The maximum absolute atomic E-state index is 12.8. The Morgan fingerprint density at radius 2 is 1.68 bits per heavy atom. The number of aryl methyl sites for hydroxylation is 1. The Kier molecular flexibility index (Phi) is 9.71. The second kappa shape index (κ2) is 12.0. The minimum atomic E-state index is -3.87. The van der Waals surface area contributed by atoms with Gasteiger partial charge in [-0.3, -0.25) is 4.72 Å². The Bertz CT molecular complexity index is 1610. The molecule has 0 saturated heterocycles. The van der Waals surface area contributed by atoms with E-state index in [0.29, 0.717) is 10.4 Å². The number of halogens is 4. The first-order valence-electron chi connectivity index (χ1n) is 9.86. The van der Waals surface area contributed by atoms with Crippen molar-refractivity contribution in [3.8, 4) is 5.69 Å². The largest absolute Gasteiger partial charge is 0.452 e. The predicted octanol–water partition coefficient (Wildman–Crippen LogP) is 2.73. The van der Waals surface area contributed by atoms with Crippen LogP contribution in [-0.2, 0) is 24.8 Å². The van der Waals surface area contributed by atoms with Crippen molar-refractivity contribution < 1.29 is 35.1 Å². The lowest BCUT2D eigenvalue weighted by Gasteiger charge is -2.10. The summed E-state index contributed by atoms with van der Waals surface area (Å²) in [5.41, 5.74) is 4.56. The van der Waals surface area contributed by atoms with Crippen LogP contribution < -0.4 is 20.9 Å². The number of sulfonamides is 2. The normalized spacial score (nSPS) is 11.5. The average Bonchev–Trinajstić information content (AvgIpc) is 3.09. The van der Waals surface area contributed by atoms with Crippen LogP contribution in [-0.4, -0.2) is 50.6 Å². The standard InChI is InChI=1S/C11H10Cl2F2N4O3S.C8H10N2O4S/c1-5-16-19(11(20)18(5)10(14)15)9-4-8(17-23(2,21)22)6(12)3-7(9)13;1-14-8(11)10-15(12,13)7-4-2-6(9)3-5-7/h3-4,10,17H,1-2H3;2-5H,9H2,1H3,(H,10,11). The number of rotatable bonds is 6. The highest BCUT2D eigenvalue weighted by Gasteiger charge is 2.21. The molecule has 13 nitrogen and oxygen atoms in total. The quantitative estimate of drug-likeness (QED) is 0.350. The number of hydrogen-bond acceptors (Lipinski definition) is 9. The van der Waals surface area contributed by atoms with Gasteiger partial charge in [-0.25, -0.2) is 35.7 Å². The van der Waals surface area contributed by atoms with Gasteiger partial charge in [-0.15, -0.1) is 5.10 Å². The van der Waals surface area contributed by atoms with Crippen molar-refractivity contribution in [3.63, 3.8) is 0 Å². The third-order valence-corrected chi connectivity index (χ3v) is 6.86. The molecule has 0 saturated carbocycles. The van der Waals surface area contributed by atoms with E-state index in [-0.39, 0.29) is 36.7 Å². The summed E-state index contributed by atoms with van der Waals surface area (Å²) in [5.74, 6) is -0.228. The van der Waals surface area contributed by atoms with Crippen molar-refractivity contribution in [1.82, 2.24) is 19.1 Å². The molecule has 2 aromatic carbocycles. The van der Waals surface area contributed by atoms with E-state index in [1.807, 2.05) is 0 Å². The summed E-state index contributed by atoms with van der Waals surface area (Å²) in [7, 11) is -6.44. The molecule has 0 radical (unpaired) electrons. The maximum atomic E-state index is 12.8. The molecule has 0 spiro atoms. The lowest BCUT2D eigenvalue weighted by molar-refractivity contribution is 0.0640. The summed E-state index contributed by atoms with van der Waals surface area (Å²) < 4.78 is 80.1. The van der Waals surface area contributed by atoms with E-state index in [0.717, 1.165) is 19.4 Å². The zero-order chi connectivity index (χ0) is 29.0. The average molecular weight is 617 g/mol. The number of carbonyl (C=O) groups is 1. The molecular weight excluding hydrogens is 597 g/mol. The summed E-state index contributed by atoms with van der Waals surface area (Å²) >= 11 is 11.8. The molecule has 1 heterocycles. The SMILES string of the molecule is COC(=O)NS(=O)(=O)c1ccc(N)cc1.Cc1nn(-c2cc(NS(C)(=O)=O)c(Cl)cc2Cl)c(=O)n1C(F)F. The first kappa shape index (κ1) is 30.8. The van der Waals surface area contributed by atoms with Gasteiger partial charge in [0.25, 0.3) is 10.0 Å². The van der Waals surface area contributed by atoms with Gasteiger partial charge in [0.15, 0.2) is 0 Å². The molecule has 0 bridgehead atoms. The van der Waals surface area contributed by atoms with Gasteiger partial charge < -0.3 is 10.5 Å². The minimum Gasteiger partial charge on any atom is -0.452 e. The minimum absolute atomic E-state index is 0.0257. The van der Waals surface area contributed by atoms with Crippen LogP contribution in [0.4, 0.5) is 25.0 Å². The zero-order valence-corrected chi connectivity index (χ0v) is 22.8. The van der Waals surface area contributed by atoms with Crippen LogP contribution in [0.2, 0.25) is 10.0 Å². The van der Waals surface area contributed by atoms with Gasteiger partial charge in [0.1, 0.15) is 5.82 Å². The van der Waals surface area contributed by atoms with E-state index in [2.05, 4.69) is 14.6 Å². The van der Waals surface area contributed by atoms with Crippen molar-refractivity contribution in [2.45, 2.75) is 18.4 Å². The van der Waals surface area contributed by atoms with E-state index >= 15 is 0 Å². The van der Waals surface area contributed by atoms with Crippen LogP contribution in [0.3, 0.4) is 0 Å². The van der Waals surface area contributed by atoms with Crippen molar-refractivity contribution in [2.24, 2.45) is 0 Å². The fourth-order valence-electron chi connectivity index (χ4n) is 2.69. The molecule has 0 atom stereocenters. The summed E-state index contributed by atoms with van der Waals surface area (Å²) in [6, 6.07) is 7.74. The number of amides is 1. The second-order valence-electron chi connectivity index (χ2n) is 7.21. The smallest absolute Gasteiger partial charge is 0.420 e. The van der Waals surface area contributed by atoms with Gasteiger partial charge in [0.2, 0.25) is 10.0 Å². The maximum Gasteiger partial charge on any atom is 0.420 e. The Morgan fingerprint density at radius 1 is 1.11 bits per heavy atom. The van der Waals surface area contributed by atoms with E-state index < -0.39 is 38.4 Å². The fourth-order valence-corrected chi connectivity index (χ4v) is 4.74. The van der Waals surface area contributed by atoms with Gasteiger partial charge >= 0.3 is 18.3 Å².